The predicted molar refractivity (Wildman–Crippen MR) is 102 cm³/mol. The summed E-state index contributed by atoms with van der Waals surface area (Å²) in [7, 11) is 1.32. The maximum Gasteiger partial charge on any atom is 0.339 e. The first-order valence-electron chi connectivity index (χ1n) is 8.40. The molecule has 0 fully saturated rings. The molecule has 26 heavy (non-hydrogen) atoms. The highest BCUT2D eigenvalue weighted by molar-refractivity contribution is 9.10. The number of esters is 1. The molecule has 0 aliphatic rings. The number of ether oxygens (including phenoxy) is 1. The minimum absolute atomic E-state index is 0.0620. The Balaban J connectivity index is 2.17. The van der Waals surface area contributed by atoms with Crippen molar-refractivity contribution in [1.82, 2.24) is 10.3 Å². The van der Waals surface area contributed by atoms with Gasteiger partial charge in [-0.3, -0.25) is 4.79 Å². The van der Waals surface area contributed by atoms with Gasteiger partial charge >= 0.3 is 5.97 Å². The summed E-state index contributed by atoms with van der Waals surface area (Å²) < 4.78 is 5.68. The number of aromatic nitrogens is 1. The van der Waals surface area contributed by atoms with Crippen LogP contribution in [0.4, 0.5) is 0 Å². The van der Waals surface area contributed by atoms with Crippen molar-refractivity contribution in [2.24, 2.45) is 0 Å². The van der Waals surface area contributed by atoms with E-state index in [2.05, 4.69) is 26.2 Å². The minimum atomic E-state index is -0.831. The van der Waals surface area contributed by atoms with E-state index in [1.54, 1.807) is 19.1 Å². The number of aliphatic hydroxyl groups is 1. The maximum atomic E-state index is 12.6. The Morgan fingerprint density at radius 2 is 2.12 bits per heavy atom. The number of nitrogens with one attached hydrogen (secondary N) is 2. The molecule has 2 aromatic rings. The van der Waals surface area contributed by atoms with E-state index in [4.69, 9.17) is 4.74 Å². The van der Waals surface area contributed by atoms with Crippen molar-refractivity contribution in [3.8, 4) is 0 Å². The van der Waals surface area contributed by atoms with E-state index in [9.17, 15) is 14.7 Å². The molecule has 7 heteroatoms. The summed E-state index contributed by atoms with van der Waals surface area (Å²) in [5.41, 5.74) is 2.69. The lowest BCUT2D eigenvalue weighted by Crippen LogP contribution is -2.29. The van der Waals surface area contributed by atoms with Crippen molar-refractivity contribution in [2.75, 3.05) is 13.7 Å². The van der Waals surface area contributed by atoms with Gasteiger partial charge in [-0.15, -0.1) is 0 Å². The topological polar surface area (TPSA) is 91.4 Å². The summed E-state index contributed by atoms with van der Waals surface area (Å²) >= 11 is 3.36. The SMILES string of the molecule is CCCc1c(C(=O)NC[C@H](O)c2cccc(Br)c2)[nH]c(C)c1C(=O)OC. The number of hydrogen-bond donors (Lipinski definition) is 3. The number of H-pyrrole nitrogens is 1. The normalized spacial score (nSPS) is 11.9. The second-order valence-corrected chi connectivity index (χ2v) is 6.92. The summed E-state index contributed by atoms with van der Waals surface area (Å²) in [4.78, 5) is 27.6. The van der Waals surface area contributed by atoms with Crippen LogP contribution in [0.5, 0.6) is 0 Å². The van der Waals surface area contributed by atoms with Crippen LogP contribution < -0.4 is 5.32 Å². The van der Waals surface area contributed by atoms with Gasteiger partial charge in [-0.1, -0.05) is 41.4 Å². The Morgan fingerprint density at radius 3 is 2.73 bits per heavy atom. The Labute approximate surface area is 161 Å². The van der Waals surface area contributed by atoms with Gasteiger partial charge in [0.1, 0.15) is 5.69 Å². The number of hydrogen-bond acceptors (Lipinski definition) is 4. The summed E-state index contributed by atoms with van der Waals surface area (Å²) in [6, 6.07) is 7.27. The van der Waals surface area contributed by atoms with Gasteiger partial charge in [0.05, 0.1) is 18.8 Å². The van der Waals surface area contributed by atoms with Gasteiger partial charge < -0.3 is 20.1 Å². The second-order valence-electron chi connectivity index (χ2n) is 6.00. The fourth-order valence-corrected chi connectivity index (χ4v) is 3.28. The molecule has 0 bridgehead atoms. The number of methoxy groups -OCH3 is 1. The van der Waals surface area contributed by atoms with Gasteiger partial charge in [0.15, 0.2) is 0 Å². The van der Waals surface area contributed by atoms with Crippen molar-refractivity contribution >= 4 is 27.8 Å². The van der Waals surface area contributed by atoms with Crippen LogP contribution in [0.15, 0.2) is 28.7 Å². The third-order valence-electron chi connectivity index (χ3n) is 4.10. The van der Waals surface area contributed by atoms with Crippen LogP contribution >= 0.6 is 15.9 Å². The molecule has 1 heterocycles. The molecule has 1 amide bonds. The summed E-state index contributed by atoms with van der Waals surface area (Å²) in [6.45, 7) is 3.77. The first-order chi connectivity index (χ1) is 12.4. The number of carbonyl (C=O) groups excluding carboxylic acids is 2. The van der Waals surface area contributed by atoms with E-state index >= 15 is 0 Å². The number of benzene rings is 1. The molecule has 1 aromatic carbocycles. The predicted octanol–water partition coefficient (Wildman–Crippen LogP) is 3.29. The van der Waals surface area contributed by atoms with Crippen molar-refractivity contribution in [2.45, 2.75) is 32.8 Å². The van der Waals surface area contributed by atoms with E-state index in [0.717, 1.165) is 10.9 Å². The van der Waals surface area contributed by atoms with Crippen LogP contribution in [0.1, 0.15) is 57.1 Å². The van der Waals surface area contributed by atoms with Gasteiger partial charge in [0.25, 0.3) is 5.91 Å². The molecule has 6 nitrogen and oxygen atoms in total. The molecule has 0 saturated heterocycles. The molecule has 0 unspecified atom stereocenters. The number of amides is 1. The lowest BCUT2D eigenvalue weighted by atomic mass is 10.0. The molecular formula is C19H23BrN2O4. The Morgan fingerprint density at radius 1 is 1.38 bits per heavy atom. The van der Waals surface area contributed by atoms with Gasteiger partial charge in [-0.05, 0) is 36.6 Å². The number of rotatable bonds is 7. The average Bonchev–Trinajstić information content (AvgIpc) is 2.95. The van der Waals surface area contributed by atoms with E-state index in [-0.39, 0.29) is 12.5 Å². The van der Waals surface area contributed by atoms with Crippen molar-refractivity contribution in [1.29, 1.82) is 0 Å². The molecular weight excluding hydrogens is 400 g/mol. The Hall–Kier alpha value is -2.12. The van der Waals surface area contributed by atoms with E-state index in [1.165, 1.54) is 7.11 Å². The monoisotopic (exact) mass is 422 g/mol. The third-order valence-corrected chi connectivity index (χ3v) is 4.59. The molecule has 1 atom stereocenters. The minimum Gasteiger partial charge on any atom is -0.465 e. The fraction of sp³-hybridized carbons (Fsp3) is 0.368. The van der Waals surface area contributed by atoms with Crippen molar-refractivity contribution in [3.05, 3.63) is 56.8 Å². The van der Waals surface area contributed by atoms with Crippen LogP contribution in [0, 0.1) is 6.92 Å². The maximum absolute atomic E-state index is 12.6. The summed E-state index contributed by atoms with van der Waals surface area (Å²) in [6.07, 6.45) is 0.524. The van der Waals surface area contributed by atoms with Crippen molar-refractivity contribution < 1.29 is 19.4 Å². The molecule has 0 aliphatic carbocycles. The molecule has 2 rings (SSSR count). The molecule has 1 aromatic heterocycles. The average molecular weight is 423 g/mol. The number of aromatic amines is 1. The lowest BCUT2D eigenvalue weighted by Gasteiger charge is -2.13. The van der Waals surface area contributed by atoms with Gasteiger partial charge in [-0.25, -0.2) is 4.79 Å². The molecule has 140 valence electrons. The highest BCUT2D eigenvalue weighted by Crippen LogP contribution is 2.22. The largest absolute Gasteiger partial charge is 0.465 e. The van der Waals surface area contributed by atoms with Crippen LogP contribution in [-0.2, 0) is 11.2 Å². The summed E-state index contributed by atoms with van der Waals surface area (Å²) in [5.74, 6) is -0.823. The van der Waals surface area contributed by atoms with Crippen molar-refractivity contribution in [3.63, 3.8) is 0 Å². The zero-order valence-electron chi connectivity index (χ0n) is 15.1. The number of aryl methyl sites for hydroxylation is 1. The summed E-state index contributed by atoms with van der Waals surface area (Å²) in [5, 5.41) is 13.0. The van der Waals surface area contributed by atoms with Crippen LogP contribution in [0.2, 0.25) is 0 Å². The second kappa shape index (κ2) is 9.00. The molecule has 0 radical (unpaired) electrons. The van der Waals surface area contributed by atoms with E-state index in [1.807, 2.05) is 19.1 Å². The number of halogens is 1. The van der Waals surface area contributed by atoms with E-state index in [0.29, 0.717) is 34.5 Å². The van der Waals surface area contributed by atoms with Gasteiger partial charge in [-0.2, -0.15) is 0 Å². The smallest absolute Gasteiger partial charge is 0.339 e. The van der Waals surface area contributed by atoms with Crippen LogP contribution in [-0.4, -0.2) is 35.6 Å². The lowest BCUT2D eigenvalue weighted by molar-refractivity contribution is 0.0599. The molecule has 3 N–H and O–H groups in total. The molecule has 0 spiro atoms. The first kappa shape index (κ1) is 20.2. The highest BCUT2D eigenvalue weighted by Gasteiger charge is 2.25. The molecule has 0 aliphatic heterocycles. The van der Waals surface area contributed by atoms with Crippen LogP contribution in [0.25, 0.3) is 0 Å². The number of aliphatic hydroxyl groups excluding tert-OH is 1. The Bertz CT molecular complexity index is 801. The number of carbonyl (C=O) groups is 2. The quantitative estimate of drug-likeness (QED) is 0.596. The fourth-order valence-electron chi connectivity index (χ4n) is 2.86. The molecule has 0 saturated carbocycles. The first-order valence-corrected chi connectivity index (χ1v) is 9.19. The van der Waals surface area contributed by atoms with Gasteiger partial charge in [0.2, 0.25) is 0 Å². The zero-order chi connectivity index (χ0) is 19.3. The van der Waals surface area contributed by atoms with Crippen LogP contribution in [0.3, 0.4) is 0 Å². The third kappa shape index (κ3) is 4.53. The van der Waals surface area contributed by atoms with Gasteiger partial charge in [0, 0.05) is 16.7 Å². The standard InChI is InChI=1S/C19H23BrN2O4/c1-4-6-14-16(19(25)26-3)11(2)22-17(14)18(24)21-10-15(23)12-7-5-8-13(20)9-12/h5,7-9,15,22-23H,4,6,10H2,1-3H3,(H,21,24)/t15-/m0/s1. The van der Waals surface area contributed by atoms with E-state index < -0.39 is 12.1 Å². The highest BCUT2D eigenvalue weighted by atomic mass is 79.9. The Kier molecular flexibility index (Phi) is 6.99. The zero-order valence-corrected chi connectivity index (χ0v) is 16.6.